The molecule has 11 heavy (non-hydrogen) atoms. The standard InChI is InChI=1S/C9H14N2/c1-3-11(2)8-9-6-4-5-7-10-9/h4-7H,3,8H2,1-2H3. The van der Waals surface area contributed by atoms with Crippen molar-refractivity contribution in [2.45, 2.75) is 13.5 Å². The first-order chi connectivity index (χ1) is 5.33. The number of rotatable bonds is 3. The molecule has 0 aliphatic carbocycles. The van der Waals surface area contributed by atoms with E-state index in [1.807, 2.05) is 24.4 Å². The Hall–Kier alpha value is -0.890. The third-order valence-corrected chi connectivity index (χ3v) is 1.70. The van der Waals surface area contributed by atoms with Crippen LogP contribution in [0.3, 0.4) is 0 Å². The van der Waals surface area contributed by atoms with Crippen LogP contribution in [0.15, 0.2) is 24.4 Å². The van der Waals surface area contributed by atoms with Crippen molar-refractivity contribution in [3.8, 4) is 0 Å². The fraction of sp³-hybridized carbons (Fsp3) is 0.444. The van der Waals surface area contributed by atoms with Crippen LogP contribution in [0.25, 0.3) is 0 Å². The Kier molecular flexibility index (Phi) is 3.05. The Morgan fingerprint density at radius 2 is 2.27 bits per heavy atom. The highest BCUT2D eigenvalue weighted by Crippen LogP contribution is 1.96. The molecule has 0 unspecified atom stereocenters. The van der Waals surface area contributed by atoms with Gasteiger partial charge in [-0.3, -0.25) is 4.98 Å². The summed E-state index contributed by atoms with van der Waals surface area (Å²) in [4.78, 5) is 6.45. The minimum atomic E-state index is 0.942. The van der Waals surface area contributed by atoms with Gasteiger partial charge in [0.15, 0.2) is 0 Å². The van der Waals surface area contributed by atoms with E-state index < -0.39 is 0 Å². The molecule has 0 saturated carbocycles. The van der Waals surface area contributed by atoms with Crippen LogP contribution in [0.4, 0.5) is 0 Å². The van der Waals surface area contributed by atoms with Crippen LogP contribution >= 0.6 is 0 Å². The molecule has 1 heterocycles. The van der Waals surface area contributed by atoms with E-state index >= 15 is 0 Å². The van der Waals surface area contributed by atoms with Crippen LogP contribution in [0.1, 0.15) is 12.6 Å². The van der Waals surface area contributed by atoms with Gasteiger partial charge in [0, 0.05) is 12.7 Å². The number of aromatic nitrogens is 1. The lowest BCUT2D eigenvalue weighted by molar-refractivity contribution is 0.341. The average Bonchev–Trinajstić information content (AvgIpc) is 2.06. The zero-order valence-corrected chi connectivity index (χ0v) is 7.12. The summed E-state index contributed by atoms with van der Waals surface area (Å²) in [6.07, 6.45) is 1.83. The summed E-state index contributed by atoms with van der Waals surface area (Å²) >= 11 is 0. The summed E-state index contributed by atoms with van der Waals surface area (Å²) in [6, 6.07) is 6.01. The summed E-state index contributed by atoms with van der Waals surface area (Å²) in [5.74, 6) is 0. The molecule has 1 aromatic heterocycles. The summed E-state index contributed by atoms with van der Waals surface area (Å²) in [5.41, 5.74) is 1.14. The lowest BCUT2D eigenvalue weighted by Crippen LogP contribution is -2.17. The van der Waals surface area contributed by atoms with Gasteiger partial charge in [-0.2, -0.15) is 0 Å². The van der Waals surface area contributed by atoms with Crippen molar-refractivity contribution in [1.82, 2.24) is 9.88 Å². The zero-order chi connectivity index (χ0) is 8.10. The molecule has 1 rings (SSSR count). The first kappa shape index (κ1) is 8.21. The van der Waals surface area contributed by atoms with Gasteiger partial charge in [0.25, 0.3) is 0 Å². The molecule has 0 spiro atoms. The van der Waals surface area contributed by atoms with E-state index in [1.54, 1.807) is 0 Å². The molecule has 2 nitrogen and oxygen atoms in total. The van der Waals surface area contributed by atoms with Crippen molar-refractivity contribution in [1.29, 1.82) is 0 Å². The molecule has 0 amide bonds. The molecule has 0 radical (unpaired) electrons. The van der Waals surface area contributed by atoms with Crippen molar-refractivity contribution in [2.75, 3.05) is 13.6 Å². The van der Waals surface area contributed by atoms with Crippen LogP contribution in [0, 0.1) is 0 Å². The SMILES string of the molecule is CCN(C)Cc1ccccn1. The first-order valence-electron chi connectivity index (χ1n) is 3.91. The van der Waals surface area contributed by atoms with Gasteiger partial charge < -0.3 is 4.90 Å². The lowest BCUT2D eigenvalue weighted by atomic mass is 10.3. The average molecular weight is 150 g/mol. The maximum absolute atomic E-state index is 4.22. The molecule has 0 aliphatic heterocycles. The maximum Gasteiger partial charge on any atom is 0.0543 e. The molecule has 0 aliphatic rings. The van der Waals surface area contributed by atoms with E-state index in [2.05, 4.69) is 23.9 Å². The van der Waals surface area contributed by atoms with Crippen molar-refractivity contribution in [3.05, 3.63) is 30.1 Å². The molecule has 1 aromatic rings. The van der Waals surface area contributed by atoms with E-state index in [-0.39, 0.29) is 0 Å². The Morgan fingerprint density at radius 1 is 1.45 bits per heavy atom. The molecule has 60 valence electrons. The zero-order valence-electron chi connectivity index (χ0n) is 7.12. The molecule has 0 saturated heterocycles. The normalized spacial score (nSPS) is 10.5. The Labute approximate surface area is 67.9 Å². The number of pyridine rings is 1. The van der Waals surface area contributed by atoms with Gasteiger partial charge in [-0.1, -0.05) is 13.0 Å². The Balaban J connectivity index is 2.51. The van der Waals surface area contributed by atoms with Gasteiger partial charge >= 0.3 is 0 Å². The van der Waals surface area contributed by atoms with Crippen molar-refractivity contribution in [3.63, 3.8) is 0 Å². The first-order valence-corrected chi connectivity index (χ1v) is 3.91. The second kappa shape index (κ2) is 4.09. The monoisotopic (exact) mass is 150 g/mol. The van der Waals surface area contributed by atoms with Crippen molar-refractivity contribution < 1.29 is 0 Å². The predicted octanol–water partition coefficient (Wildman–Crippen LogP) is 1.53. The molecular formula is C9H14N2. The van der Waals surface area contributed by atoms with Crippen LogP contribution in [-0.2, 0) is 6.54 Å². The van der Waals surface area contributed by atoms with Gasteiger partial charge in [-0.25, -0.2) is 0 Å². The summed E-state index contributed by atoms with van der Waals surface area (Å²) in [5, 5.41) is 0. The van der Waals surface area contributed by atoms with Gasteiger partial charge in [-0.05, 0) is 25.7 Å². The highest BCUT2D eigenvalue weighted by atomic mass is 15.1. The third-order valence-electron chi connectivity index (χ3n) is 1.70. The largest absolute Gasteiger partial charge is 0.301 e. The van der Waals surface area contributed by atoms with E-state index in [0.29, 0.717) is 0 Å². The third kappa shape index (κ3) is 2.68. The second-order valence-corrected chi connectivity index (χ2v) is 2.65. The van der Waals surface area contributed by atoms with Gasteiger partial charge in [0.1, 0.15) is 0 Å². The predicted molar refractivity (Wildman–Crippen MR) is 46.2 cm³/mol. The fourth-order valence-electron chi connectivity index (χ4n) is 0.880. The van der Waals surface area contributed by atoms with E-state index in [9.17, 15) is 0 Å². The minimum Gasteiger partial charge on any atom is -0.301 e. The molecule has 0 atom stereocenters. The van der Waals surface area contributed by atoms with Crippen LogP contribution < -0.4 is 0 Å². The number of hydrogen-bond donors (Lipinski definition) is 0. The number of hydrogen-bond acceptors (Lipinski definition) is 2. The number of nitrogens with zero attached hydrogens (tertiary/aromatic N) is 2. The summed E-state index contributed by atoms with van der Waals surface area (Å²) in [7, 11) is 2.09. The van der Waals surface area contributed by atoms with E-state index in [0.717, 1.165) is 18.8 Å². The molecule has 0 N–H and O–H groups in total. The highest BCUT2D eigenvalue weighted by molar-refractivity contribution is 5.02. The van der Waals surface area contributed by atoms with Crippen molar-refractivity contribution in [2.24, 2.45) is 0 Å². The highest BCUT2D eigenvalue weighted by Gasteiger charge is 1.95. The van der Waals surface area contributed by atoms with Gasteiger partial charge in [0.05, 0.1) is 5.69 Å². The van der Waals surface area contributed by atoms with E-state index in [1.165, 1.54) is 0 Å². The Morgan fingerprint density at radius 3 is 2.82 bits per heavy atom. The fourth-order valence-corrected chi connectivity index (χ4v) is 0.880. The maximum atomic E-state index is 4.22. The molecule has 0 fully saturated rings. The van der Waals surface area contributed by atoms with Crippen LogP contribution in [0.2, 0.25) is 0 Å². The lowest BCUT2D eigenvalue weighted by Gasteiger charge is -2.12. The molecular weight excluding hydrogens is 136 g/mol. The molecule has 0 aromatic carbocycles. The summed E-state index contributed by atoms with van der Waals surface area (Å²) in [6.45, 7) is 4.15. The second-order valence-electron chi connectivity index (χ2n) is 2.65. The van der Waals surface area contributed by atoms with E-state index in [4.69, 9.17) is 0 Å². The molecule has 2 heteroatoms. The smallest absolute Gasteiger partial charge is 0.0543 e. The summed E-state index contributed by atoms with van der Waals surface area (Å²) < 4.78 is 0. The van der Waals surface area contributed by atoms with Crippen molar-refractivity contribution >= 4 is 0 Å². The topological polar surface area (TPSA) is 16.1 Å². The van der Waals surface area contributed by atoms with Crippen LogP contribution in [0.5, 0.6) is 0 Å². The van der Waals surface area contributed by atoms with Crippen LogP contribution in [-0.4, -0.2) is 23.5 Å². The quantitative estimate of drug-likeness (QED) is 0.649. The Bertz CT molecular complexity index is 196. The minimum absolute atomic E-state index is 0.942. The van der Waals surface area contributed by atoms with Gasteiger partial charge in [0.2, 0.25) is 0 Å². The molecule has 0 bridgehead atoms. The van der Waals surface area contributed by atoms with Gasteiger partial charge in [-0.15, -0.1) is 0 Å².